The van der Waals surface area contributed by atoms with Gasteiger partial charge in [0.25, 0.3) is 11.5 Å². The fourth-order valence-electron chi connectivity index (χ4n) is 8.34. The maximum atomic E-state index is 14.5. The maximum Gasteiger partial charge on any atom is 0.279 e. The third kappa shape index (κ3) is 4.58. The molecule has 13 heteroatoms. The van der Waals surface area contributed by atoms with Gasteiger partial charge in [-0.3, -0.25) is 14.4 Å². The van der Waals surface area contributed by atoms with Crippen LogP contribution in [0.4, 0.5) is 5.69 Å². The average Bonchev–Trinajstić information content (AvgIpc) is 4.04. The Hall–Kier alpha value is -4.91. The van der Waals surface area contributed by atoms with Crippen molar-refractivity contribution in [3.05, 3.63) is 81.1 Å². The summed E-state index contributed by atoms with van der Waals surface area (Å²) in [5.41, 5.74) is 4.21. The number of aromatic nitrogens is 6. The molecule has 2 saturated carbocycles. The van der Waals surface area contributed by atoms with Gasteiger partial charge in [-0.25, -0.2) is 9.97 Å². The van der Waals surface area contributed by atoms with Crippen LogP contribution < -0.4 is 10.9 Å². The Bertz CT molecular complexity index is 2090. The van der Waals surface area contributed by atoms with Gasteiger partial charge in [0.05, 0.1) is 18.9 Å². The third-order valence-electron chi connectivity index (χ3n) is 11.1. The molecule has 9 rings (SSSR count). The van der Waals surface area contributed by atoms with E-state index in [4.69, 9.17) is 14.8 Å². The Labute approximate surface area is 275 Å². The molecule has 2 aliphatic heterocycles. The minimum absolute atomic E-state index is 0.00691. The van der Waals surface area contributed by atoms with Crippen molar-refractivity contribution in [2.24, 2.45) is 5.92 Å². The zero-order valence-corrected chi connectivity index (χ0v) is 26.7. The molecule has 3 fully saturated rings. The highest BCUT2D eigenvalue weighted by Crippen LogP contribution is 2.67. The van der Waals surface area contributed by atoms with Gasteiger partial charge in [0.15, 0.2) is 17.3 Å². The molecule has 3 aromatic heterocycles. The summed E-state index contributed by atoms with van der Waals surface area (Å²) in [6.45, 7) is 3.46. The number of benzene rings is 1. The first-order valence-corrected chi connectivity index (χ1v) is 16.8. The van der Waals surface area contributed by atoms with E-state index in [1.165, 1.54) is 29.2 Å². The number of carbonyl (C=O) groups is 2. The molecule has 0 radical (unpaired) electrons. The number of piperidine rings is 1. The number of aryl methyl sites for hydroxylation is 1. The Morgan fingerprint density at radius 3 is 2.65 bits per heavy atom. The van der Waals surface area contributed by atoms with E-state index < -0.39 is 5.41 Å². The highest BCUT2D eigenvalue weighted by molar-refractivity contribution is 5.95. The van der Waals surface area contributed by atoms with Crippen LogP contribution in [-0.4, -0.2) is 77.3 Å². The second-order valence-electron chi connectivity index (χ2n) is 13.9. The topological polar surface area (TPSA) is 157 Å². The summed E-state index contributed by atoms with van der Waals surface area (Å²) in [6.07, 6.45) is 8.38. The minimum Gasteiger partial charge on any atom is -0.504 e. The van der Waals surface area contributed by atoms with E-state index in [1.807, 2.05) is 22.8 Å². The van der Waals surface area contributed by atoms with Crippen molar-refractivity contribution in [3.63, 3.8) is 0 Å². The van der Waals surface area contributed by atoms with Crippen LogP contribution in [0.1, 0.15) is 89.2 Å². The Morgan fingerprint density at radius 1 is 1.12 bits per heavy atom. The number of anilines is 1. The van der Waals surface area contributed by atoms with E-state index in [9.17, 15) is 19.5 Å². The first-order valence-electron chi connectivity index (χ1n) is 16.8. The molecular formula is C35H36N8O5. The first-order chi connectivity index (χ1) is 23.3. The number of fused-ring (bicyclic) bond motifs is 6. The molecule has 4 aromatic rings. The van der Waals surface area contributed by atoms with Crippen LogP contribution in [0, 0.1) is 12.8 Å². The number of amides is 2. The van der Waals surface area contributed by atoms with Crippen molar-refractivity contribution >= 4 is 28.9 Å². The lowest BCUT2D eigenvalue weighted by Gasteiger charge is -2.41. The van der Waals surface area contributed by atoms with Crippen molar-refractivity contribution in [1.29, 1.82) is 0 Å². The monoisotopic (exact) mass is 648 g/mol. The Balaban J connectivity index is 1.08. The van der Waals surface area contributed by atoms with Crippen molar-refractivity contribution in [3.8, 4) is 5.75 Å². The number of hydrogen-bond acceptors (Lipinski definition) is 9. The highest BCUT2D eigenvalue weighted by atomic mass is 16.5. The highest BCUT2D eigenvalue weighted by Gasteiger charge is 2.64. The van der Waals surface area contributed by atoms with E-state index in [0.29, 0.717) is 74.3 Å². The number of ether oxygens (including phenoxy) is 1. The van der Waals surface area contributed by atoms with Gasteiger partial charge >= 0.3 is 0 Å². The van der Waals surface area contributed by atoms with Gasteiger partial charge in [-0.15, -0.1) is 5.10 Å². The molecule has 5 heterocycles. The van der Waals surface area contributed by atoms with Crippen molar-refractivity contribution in [2.75, 3.05) is 31.6 Å². The number of nitrogens with one attached hydrogen (secondary N) is 1. The summed E-state index contributed by atoms with van der Waals surface area (Å²) < 4.78 is 8.79. The molecule has 2 N–H and O–H groups in total. The summed E-state index contributed by atoms with van der Waals surface area (Å²) in [5, 5.41) is 18.3. The van der Waals surface area contributed by atoms with Crippen molar-refractivity contribution < 1.29 is 19.4 Å². The van der Waals surface area contributed by atoms with Crippen LogP contribution in [0.5, 0.6) is 5.75 Å². The molecule has 5 aliphatic rings. The minimum atomic E-state index is -0.452. The predicted molar refractivity (Wildman–Crippen MR) is 174 cm³/mol. The van der Waals surface area contributed by atoms with Gasteiger partial charge in [-0.1, -0.05) is 18.2 Å². The van der Waals surface area contributed by atoms with Crippen LogP contribution in [0.3, 0.4) is 0 Å². The van der Waals surface area contributed by atoms with E-state index in [0.717, 1.165) is 23.4 Å². The largest absolute Gasteiger partial charge is 0.504 e. The van der Waals surface area contributed by atoms with Crippen LogP contribution in [0.2, 0.25) is 0 Å². The number of hydrogen-bond donors (Lipinski definition) is 2. The molecule has 0 unspecified atom stereocenters. The number of rotatable bonds is 6. The second-order valence-corrected chi connectivity index (χ2v) is 13.9. The van der Waals surface area contributed by atoms with Crippen LogP contribution >= 0.6 is 0 Å². The molecule has 13 nitrogen and oxygen atoms in total. The summed E-state index contributed by atoms with van der Waals surface area (Å²) >= 11 is 0. The molecule has 2 amide bonds. The Morgan fingerprint density at radius 2 is 1.92 bits per heavy atom. The molecule has 48 heavy (non-hydrogen) atoms. The summed E-state index contributed by atoms with van der Waals surface area (Å²) in [4.78, 5) is 56.2. The molecule has 1 aromatic carbocycles. The van der Waals surface area contributed by atoms with E-state index in [2.05, 4.69) is 27.4 Å². The number of carbonyl (C=O) groups excluding carboxylic acids is 2. The SMILES string of the molecule is Cc1ncnc(C(=O)N2CCC3(CC2)c2c(n(CC(=O)Nc4ccc(C5CC5)cc4)c4nc(C5=CCOCC5)nn4c2=O)[C@H]2C[C@H]23)c1O. The molecule has 1 spiro atoms. The Kier molecular flexibility index (Phi) is 6.58. The van der Waals surface area contributed by atoms with Crippen LogP contribution in [0.25, 0.3) is 11.4 Å². The lowest BCUT2D eigenvalue weighted by Crippen LogP contribution is -2.48. The predicted octanol–water partition coefficient (Wildman–Crippen LogP) is 3.31. The van der Waals surface area contributed by atoms with Crippen molar-refractivity contribution in [2.45, 2.75) is 69.2 Å². The molecule has 1 saturated heterocycles. The fourth-order valence-corrected chi connectivity index (χ4v) is 8.34. The first kappa shape index (κ1) is 29.2. The van der Waals surface area contributed by atoms with Crippen molar-refractivity contribution in [1.82, 2.24) is 34.0 Å². The van der Waals surface area contributed by atoms with Gasteiger partial charge in [0.1, 0.15) is 12.9 Å². The molecule has 0 bridgehead atoms. The van der Waals surface area contributed by atoms with E-state index >= 15 is 0 Å². The molecule has 2 atom stereocenters. The summed E-state index contributed by atoms with van der Waals surface area (Å²) in [7, 11) is 0. The molecular weight excluding hydrogens is 612 g/mol. The summed E-state index contributed by atoms with van der Waals surface area (Å²) in [5.74, 6) is 1.08. The standard InChI is InChI=1S/C35H36N8O5/c1-19-30(45)28(37-18-36-19)33(47)41-12-10-35(11-13-41)25-16-24(25)29-27(35)32(46)43-34(39-31(40-43)22-8-14-48-15-9-22)42(29)17-26(44)38-23-6-4-21(5-7-23)20-2-3-20/h4-8,18,20,24-25,45H,2-3,9-17H2,1H3,(H,38,44)/t24-,25+/m0/s1. The lowest BCUT2D eigenvalue weighted by molar-refractivity contribution is -0.116. The molecule has 3 aliphatic carbocycles. The zero-order valence-electron chi connectivity index (χ0n) is 26.7. The number of aromatic hydroxyl groups is 1. The fraction of sp³-hybridized carbons (Fsp3) is 0.457. The van der Waals surface area contributed by atoms with Crippen LogP contribution in [-0.2, 0) is 21.5 Å². The quantitative estimate of drug-likeness (QED) is 0.320. The van der Waals surface area contributed by atoms with Gasteiger partial charge < -0.3 is 24.6 Å². The van der Waals surface area contributed by atoms with Crippen LogP contribution in [0.15, 0.2) is 41.5 Å². The smallest absolute Gasteiger partial charge is 0.279 e. The van der Waals surface area contributed by atoms with Gasteiger partial charge in [0.2, 0.25) is 11.7 Å². The zero-order chi connectivity index (χ0) is 32.7. The van der Waals surface area contributed by atoms with Gasteiger partial charge in [-0.2, -0.15) is 9.50 Å². The molecule has 246 valence electrons. The third-order valence-corrected chi connectivity index (χ3v) is 11.1. The lowest BCUT2D eigenvalue weighted by atomic mass is 9.71. The summed E-state index contributed by atoms with van der Waals surface area (Å²) in [6, 6.07) is 8.07. The normalized spacial score (nSPS) is 22.4. The number of likely N-dealkylation sites (tertiary alicyclic amines) is 1. The van der Waals surface area contributed by atoms with E-state index in [-0.39, 0.29) is 47.2 Å². The van der Waals surface area contributed by atoms with E-state index in [1.54, 1.807) is 11.8 Å². The van der Waals surface area contributed by atoms with Gasteiger partial charge in [-0.05, 0) is 80.6 Å². The van der Waals surface area contributed by atoms with Gasteiger partial charge in [0, 0.05) is 41.4 Å². The maximum absolute atomic E-state index is 14.5. The average molecular weight is 649 g/mol. The number of nitrogens with zero attached hydrogens (tertiary/aromatic N) is 7. The second kappa shape index (κ2) is 10.8.